The molecule has 0 unspecified atom stereocenters. The summed E-state index contributed by atoms with van der Waals surface area (Å²) in [6.07, 6.45) is 2.83. The Balaban J connectivity index is 1.72. The van der Waals surface area contributed by atoms with Crippen molar-refractivity contribution in [1.29, 1.82) is 0 Å². The summed E-state index contributed by atoms with van der Waals surface area (Å²) in [5.41, 5.74) is 0.337. The van der Waals surface area contributed by atoms with Crippen molar-refractivity contribution in [3.63, 3.8) is 0 Å². The fraction of sp³-hybridized carbons (Fsp3) is 0.261. The van der Waals surface area contributed by atoms with Gasteiger partial charge in [0, 0.05) is 13.2 Å². The monoisotopic (exact) mass is 438 g/mol. The Labute approximate surface area is 181 Å². The molecule has 2 aromatic heterocycles. The zero-order valence-corrected chi connectivity index (χ0v) is 17.1. The molecule has 1 fully saturated rings. The molecule has 32 heavy (non-hydrogen) atoms. The van der Waals surface area contributed by atoms with E-state index < -0.39 is 17.1 Å². The number of benzene rings is 2. The highest BCUT2D eigenvalue weighted by Crippen LogP contribution is 2.17. The molecule has 2 aromatic carbocycles. The Kier molecular flexibility index (Phi) is 5.18. The second-order valence-corrected chi connectivity index (χ2v) is 7.82. The average Bonchev–Trinajstić information content (AvgIpc) is 3.43. The Morgan fingerprint density at radius 1 is 1.06 bits per heavy atom. The quantitative estimate of drug-likeness (QED) is 0.481. The van der Waals surface area contributed by atoms with E-state index in [1.807, 2.05) is 0 Å². The van der Waals surface area contributed by atoms with Crippen molar-refractivity contribution in [3.05, 3.63) is 92.9 Å². The van der Waals surface area contributed by atoms with Gasteiger partial charge in [-0.1, -0.05) is 12.1 Å². The predicted octanol–water partition coefficient (Wildman–Crippen LogP) is 2.85. The first kappa shape index (κ1) is 20.3. The van der Waals surface area contributed by atoms with E-state index in [1.165, 1.54) is 47.3 Å². The van der Waals surface area contributed by atoms with Crippen LogP contribution in [0.3, 0.4) is 0 Å². The van der Waals surface area contributed by atoms with Crippen LogP contribution in [0.25, 0.3) is 16.9 Å². The lowest BCUT2D eigenvalue weighted by Crippen LogP contribution is -2.42. The summed E-state index contributed by atoms with van der Waals surface area (Å²) in [6.45, 7) is 0.899. The van der Waals surface area contributed by atoms with Crippen molar-refractivity contribution >= 4 is 11.2 Å². The molecule has 5 rings (SSSR count). The van der Waals surface area contributed by atoms with Crippen LogP contribution >= 0.6 is 0 Å². The molecule has 1 aliphatic rings. The summed E-state index contributed by atoms with van der Waals surface area (Å²) in [5.74, 6) is -0.826. The van der Waals surface area contributed by atoms with Gasteiger partial charge in [-0.15, -0.1) is 0 Å². The highest BCUT2D eigenvalue weighted by molar-refractivity contribution is 5.72. The van der Waals surface area contributed by atoms with E-state index >= 15 is 0 Å². The van der Waals surface area contributed by atoms with Crippen LogP contribution in [0.2, 0.25) is 0 Å². The Morgan fingerprint density at radius 3 is 2.59 bits per heavy atom. The fourth-order valence-electron chi connectivity index (χ4n) is 4.11. The summed E-state index contributed by atoms with van der Waals surface area (Å²) in [6, 6.07) is 11.5. The van der Waals surface area contributed by atoms with Gasteiger partial charge in [0.25, 0.3) is 5.56 Å². The van der Waals surface area contributed by atoms with Crippen LogP contribution in [-0.4, -0.2) is 31.4 Å². The average molecular weight is 438 g/mol. The predicted molar refractivity (Wildman–Crippen MR) is 114 cm³/mol. The lowest BCUT2D eigenvalue weighted by molar-refractivity contribution is 0.0950. The van der Waals surface area contributed by atoms with Gasteiger partial charge >= 0.3 is 5.69 Å². The van der Waals surface area contributed by atoms with Gasteiger partial charge in [0.15, 0.2) is 11.2 Å². The molecular weight excluding hydrogens is 418 g/mol. The van der Waals surface area contributed by atoms with E-state index in [0.717, 1.165) is 17.4 Å². The molecule has 0 aliphatic carbocycles. The highest BCUT2D eigenvalue weighted by Gasteiger charge is 2.23. The van der Waals surface area contributed by atoms with Crippen LogP contribution in [0.15, 0.2) is 64.4 Å². The van der Waals surface area contributed by atoms with Crippen molar-refractivity contribution in [2.24, 2.45) is 0 Å². The Morgan fingerprint density at radius 2 is 1.88 bits per heavy atom. The molecule has 3 heterocycles. The minimum Gasteiger partial charge on any atom is -0.376 e. The zero-order valence-electron chi connectivity index (χ0n) is 17.1. The van der Waals surface area contributed by atoms with E-state index in [0.29, 0.717) is 17.9 Å². The minimum atomic E-state index is -0.569. The first-order valence-corrected chi connectivity index (χ1v) is 10.3. The summed E-state index contributed by atoms with van der Waals surface area (Å²) >= 11 is 0. The third-order valence-electron chi connectivity index (χ3n) is 5.64. The van der Waals surface area contributed by atoms with Gasteiger partial charge in [-0.05, 0) is 54.8 Å². The molecule has 164 valence electrons. The van der Waals surface area contributed by atoms with Crippen LogP contribution in [0.1, 0.15) is 18.4 Å². The van der Waals surface area contributed by atoms with Crippen LogP contribution in [0.4, 0.5) is 8.78 Å². The van der Waals surface area contributed by atoms with E-state index in [1.54, 1.807) is 16.7 Å². The molecule has 0 amide bonds. The SMILES string of the molecule is O=c1c2c(ncn2Cc2cccc(F)c2)n(-c2ccc(F)cc2)c(=O)n1C[C@H]1CCCO1. The Bertz CT molecular complexity index is 1400. The maximum Gasteiger partial charge on any atom is 0.337 e. The maximum absolute atomic E-state index is 13.7. The number of ether oxygens (including phenoxy) is 1. The van der Waals surface area contributed by atoms with Gasteiger partial charge in [-0.2, -0.15) is 0 Å². The molecular formula is C23H20F2N4O3. The van der Waals surface area contributed by atoms with Crippen LogP contribution < -0.4 is 11.2 Å². The largest absolute Gasteiger partial charge is 0.376 e. The molecule has 0 spiro atoms. The van der Waals surface area contributed by atoms with Crippen LogP contribution in [0, 0.1) is 11.6 Å². The fourth-order valence-corrected chi connectivity index (χ4v) is 4.11. The molecule has 1 atom stereocenters. The molecule has 0 bridgehead atoms. The molecule has 4 aromatic rings. The van der Waals surface area contributed by atoms with Crippen LogP contribution in [-0.2, 0) is 17.8 Å². The second-order valence-electron chi connectivity index (χ2n) is 7.82. The van der Waals surface area contributed by atoms with Crippen LogP contribution in [0.5, 0.6) is 0 Å². The van der Waals surface area contributed by atoms with Crippen molar-refractivity contribution in [2.45, 2.75) is 32.0 Å². The minimum absolute atomic E-state index is 0.111. The summed E-state index contributed by atoms with van der Waals surface area (Å²) < 4.78 is 36.8. The normalized spacial score (nSPS) is 16.1. The molecule has 0 radical (unpaired) electrons. The van der Waals surface area contributed by atoms with E-state index in [9.17, 15) is 18.4 Å². The zero-order chi connectivity index (χ0) is 22.2. The number of hydrogen-bond acceptors (Lipinski definition) is 4. The first-order valence-electron chi connectivity index (χ1n) is 10.3. The Hall–Kier alpha value is -3.59. The highest BCUT2D eigenvalue weighted by atomic mass is 19.1. The van der Waals surface area contributed by atoms with Gasteiger partial charge in [0.05, 0.1) is 24.7 Å². The number of rotatable bonds is 5. The third kappa shape index (κ3) is 3.64. The third-order valence-corrected chi connectivity index (χ3v) is 5.64. The van der Waals surface area contributed by atoms with Crippen molar-refractivity contribution < 1.29 is 13.5 Å². The topological polar surface area (TPSA) is 71.0 Å². The summed E-state index contributed by atoms with van der Waals surface area (Å²) in [4.78, 5) is 31.1. The number of hydrogen-bond donors (Lipinski definition) is 0. The van der Waals surface area contributed by atoms with Gasteiger partial charge < -0.3 is 9.30 Å². The first-order chi connectivity index (χ1) is 15.5. The van der Waals surface area contributed by atoms with E-state index in [2.05, 4.69) is 4.98 Å². The molecule has 1 saturated heterocycles. The maximum atomic E-state index is 13.7. The van der Waals surface area contributed by atoms with Gasteiger partial charge in [0.2, 0.25) is 0 Å². The number of fused-ring (bicyclic) bond motifs is 1. The molecule has 7 nitrogen and oxygen atoms in total. The molecule has 1 aliphatic heterocycles. The van der Waals surface area contributed by atoms with Crippen molar-refractivity contribution in [2.75, 3.05) is 6.61 Å². The number of halogens is 2. The van der Waals surface area contributed by atoms with Gasteiger partial charge in [-0.3, -0.25) is 9.36 Å². The van der Waals surface area contributed by atoms with Crippen molar-refractivity contribution in [1.82, 2.24) is 18.7 Å². The number of imidazole rings is 1. The smallest absolute Gasteiger partial charge is 0.337 e. The second kappa shape index (κ2) is 8.16. The molecule has 0 saturated carbocycles. The number of aromatic nitrogens is 4. The number of nitrogens with zero attached hydrogens (tertiary/aromatic N) is 4. The summed E-state index contributed by atoms with van der Waals surface area (Å²) in [7, 11) is 0. The molecule has 9 heteroatoms. The summed E-state index contributed by atoms with van der Waals surface area (Å²) in [5, 5.41) is 0. The van der Waals surface area contributed by atoms with Crippen molar-refractivity contribution in [3.8, 4) is 5.69 Å². The molecule has 0 N–H and O–H groups in total. The lowest BCUT2D eigenvalue weighted by Gasteiger charge is -2.15. The van der Waals surface area contributed by atoms with Gasteiger partial charge in [0.1, 0.15) is 11.6 Å². The lowest BCUT2D eigenvalue weighted by atomic mass is 10.2. The van der Waals surface area contributed by atoms with E-state index in [-0.39, 0.29) is 36.2 Å². The standard InChI is InChI=1S/C23H20F2N4O3/c24-16-6-8-18(9-7-16)29-21-20(22(30)28(23(29)31)13-19-5-2-10-32-19)27(14-26-21)12-15-3-1-4-17(25)11-15/h1,3-4,6-9,11,14,19H,2,5,10,12-13H2/t19-/m1/s1. The van der Waals surface area contributed by atoms with E-state index in [4.69, 9.17) is 4.74 Å². The van der Waals surface area contributed by atoms with Gasteiger partial charge in [-0.25, -0.2) is 23.1 Å².